The van der Waals surface area contributed by atoms with Crippen molar-refractivity contribution >= 4 is 139 Å². The number of anilines is 2. The van der Waals surface area contributed by atoms with Gasteiger partial charge in [-0.15, -0.1) is 0 Å². The Morgan fingerprint density at radius 3 is 0.980 bits per heavy atom. The minimum atomic E-state index is -0.847. The van der Waals surface area contributed by atoms with Crippen molar-refractivity contribution in [1.29, 1.82) is 0 Å². The lowest BCUT2D eigenvalue weighted by Gasteiger charge is -2.12. The normalized spacial score (nSPS) is 10.3. The maximum absolute atomic E-state index is 12.3. The largest absolute Gasteiger partial charge is 0.505 e. The highest BCUT2D eigenvalue weighted by Crippen LogP contribution is 2.42. The number of hydrogen-bond acceptors (Lipinski definition) is 6. The van der Waals surface area contributed by atoms with E-state index >= 15 is 0 Å². The molecule has 0 aromatic heterocycles. The molecule has 0 bridgehead atoms. The van der Waals surface area contributed by atoms with E-state index in [4.69, 9.17) is 116 Å². The zero-order valence-electron chi connectivity index (χ0n) is 24.3. The summed E-state index contributed by atoms with van der Waals surface area (Å²) >= 11 is 58.1. The Kier molecular flexibility index (Phi) is 15.4. The number of nitrogens with one attached hydrogen (secondary N) is 2. The summed E-state index contributed by atoms with van der Waals surface area (Å²) in [5.74, 6) is -3.55. The summed E-state index contributed by atoms with van der Waals surface area (Å²) < 4.78 is 0. The Hall–Kier alpha value is -2.86. The Balaban J connectivity index is 0.000000231. The van der Waals surface area contributed by atoms with Crippen molar-refractivity contribution in [2.45, 2.75) is 0 Å². The molecular formula is C32H18Cl10N2O6. The molecule has 0 atom stereocenters. The molecule has 2 amide bonds. The second-order valence-corrected chi connectivity index (χ2v) is 13.5. The van der Waals surface area contributed by atoms with Gasteiger partial charge in [-0.05, 0) is 36.4 Å². The third-order valence-corrected chi connectivity index (χ3v) is 9.13. The fourth-order valence-corrected chi connectivity index (χ4v) is 6.04. The average Bonchev–Trinajstić information content (AvgIpc) is 3.05. The van der Waals surface area contributed by atoms with Gasteiger partial charge in [-0.1, -0.05) is 152 Å². The summed E-state index contributed by atoms with van der Waals surface area (Å²) in [5, 5.41) is 43.6. The van der Waals surface area contributed by atoms with Gasteiger partial charge in [0.05, 0.1) is 51.6 Å². The second kappa shape index (κ2) is 18.6. The number of aromatic hydroxyl groups is 4. The van der Waals surface area contributed by atoms with Crippen molar-refractivity contribution in [2.75, 3.05) is 10.6 Å². The highest BCUT2D eigenvalue weighted by atomic mass is 35.5. The highest BCUT2D eigenvalue weighted by Gasteiger charge is 2.24. The predicted octanol–water partition coefficient (Wildman–Crippen LogP) is 12.9. The number of rotatable bonds is 4. The molecule has 262 valence electrons. The molecule has 50 heavy (non-hydrogen) atoms. The van der Waals surface area contributed by atoms with Crippen LogP contribution in [0.25, 0.3) is 0 Å². The number of halogens is 10. The van der Waals surface area contributed by atoms with Gasteiger partial charge in [0.15, 0.2) is 11.5 Å². The van der Waals surface area contributed by atoms with E-state index in [2.05, 4.69) is 10.6 Å². The number of amides is 2. The van der Waals surface area contributed by atoms with Crippen molar-refractivity contribution in [3.05, 3.63) is 134 Å². The molecule has 0 spiro atoms. The number of benzene rings is 5. The molecule has 0 aliphatic heterocycles. The maximum atomic E-state index is 12.3. The van der Waals surface area contributed by atoms with E-state index in [-0.39, 0.29) is 84.2 Å². The number of carbonyl (C=O) groups excluding carboxylic acids is 2. The lowest BCUT2D eigenvalue weighted by molar-refractivity contribution is 0.101. The van der Waals surface area contributed by atoms with E-state index < -0.39 is 23.3 Å². The molecule has 0 aliphatic carbocycles. The van der Waals surface area contributed by atoms with Gasteiger partial charge in [-0.25, -0.2) is 0 Å². The van der Waals surface area contributed by atoms with Crippen LogP contribution < -0.4 is 10.6 Å². The lowest BCUT2D eigenvalue weighted by atomic mass is 10.1. The van der Waals surface area contributed by atoms with Gasteiger partial charge in [0.25, 0.3) is 11.8 Å². The summed E-state index contributed by atoms with van der Waals surface area (Å²) in [6.45, 7) is 0. The molecule has 5 aromatic carbocycles. The van der Waals surface area contributed by atoms with Crippen molar-refractivity contribution in [2.24, 2.45) is 0 Å². The first kappa shape index (κ1) is 41.6. The van der Waals surface area contributed by atoms with Crippen molar-refractivity contribution in [3.8, 4) is 23.0 Å². The van der Waals surface area contributed by atoms with Crippen molar-refractivity contribution in [3.63, 3.8) is 0 Å². The summed E-state index contributed by atoms with van der Waals surface area (Å²) in [4.78, 5) is 24.5. The zero-order chi connectivity index (χ0) is 37.4. The van der Waals surface area contributed by atoms with E-state index in [0.29, 0.717) is 0 Å². The maximum Gasteiger partial charge on any atom is 0.261 e. The summed E-state index contributed by atoms with van der Waals surface area (Å²) in [6, 6.07) is 19.6. The van der Waals surface area contributed by atoms with Crippen LogP contribution >= 0.6 is 116 Å². The van der Waals surface area contributed by atoms with Crippen LogP contribution in [0, 0.1) is 0 Å². The first-order valence-electron chi connectivity index (χ1n) is 13.2. The summed E-state index contributed by atoms with van der Waals surface area (Å²) in [7, 11) is 0. The van der Waals surface area contributed by atoms with Gasteiger partial charge < -0.3 is 31.1 Å². The van der Waals surface area contributed by atoms with Crippen LogP contribution in [-0.2, 0) is 0 Å². The van der Waals surface area contributed by atoms with Gasteiger partial charge in [0.2, 0.25) is 0 Å². The van der Waals surface area contributed by atoms with Crippen LogP contribution in [0.4, 0.5) is 11.4 Å². The molecule has 0 fully saturated rings. The first-order chi connectivity index (χ1) is 23.4. The van der Waals surface area contributed by atoms with E-state index in [1.54, 1.807) is 0 Å². The second-order valence-electron chi connectivity index (χ2n) is 9.39. The quantitative estimate of drug-likeness (QED) is 0.0785. The van der Waals surface area contributed by atoms with Gasteiger partial charge in [-0.3, -0.25) is 9.59 Å². The molecule has 5 aromatic rings. The first-order valence-corrected chi connectivity index (χ1v) is 16.9. The number of phenols is 4. The van der Waals surface area contributed by atoms with Crippen molar-refractivity contribution in [1.82, 2.24) is 0 Å². The van der Waals surface area contributed by atoms with Crippen LogP contribution in [-0.4, -0.2) is 32.2 Å². The monoisotopic (exact) mass is 876 g/mol. The summed E-state index contributed by atoms with van der Waals surface area (Å²) in [5.41, 5.74) is -0.799. The van der Waals surface area contributed by atoms with E-state index in [0.717, 1.165) is 0 Å². The standard InChI is InChI=1S/2C13H6Cl5NO3.C6H6/c2*14-4-1-6(16)11(20)8(2-4)19-13(22)9-10(18)5(15)3-7(17)12(9)21;1-2-4-6-5-3-1/h2*1-3,20-21H,(H,19,22);1-6H. The minimum absolute atomic E-state index is 0.0111. The van der Waals surface area contributed by atoms with Gasteiger partial charge in [0.1, 0.15) is 22.6 Å². The molecule has 5 rings (SSSR count). The summed E-state index contributed by atoms with van der Waals surface area (Å²) in [6.07, 6.45) is 0. The molecule has 0 unspecified atom stereocenters. The van der Waals surface area contributed by atoms with Crippen LogP contribution in [0.5, 0.6) is 23.0 Å². The van der Waals surface area contributed by atoms with Crippen LogP contribution in [0.3, 0.4) is 0 Å². The predicted molar refractivity (Wildman–Crippen MR) is 205 cm³/mol. The molecule has 0 radical (unpaired) electrons. The SMILES string of the molecule is O=C(Nc1cc(Cl)cc(Cl)c1O)c1c(O)c(Cl)cc(Cl)c1Cl.O=C(Nc1cc(Cl)cc(Cl)c1O)c1c(O)c(Cl)cc(Cl)c1Cl.c1ccccc1. The van der Waals surface area contributed by atoms with Crippen LogP contribution in [0.1, 0.15) is 20.7 Å². The fourth-order valence-electron chi connectivity index (χ4n) is 3.66. The van der Waals surface area contributed by atoms with Crippen LogP contribution in [0.15, 0.2) is 72.8 Å². The number of phenolic OH excluding ortho intramolecular Hbond substituents is 4. The van der Waals surface area contributed by atoms with E-state index in [9.17, 15) is 30.0 Å². The zero-order valence-corrected chi connectivity index (χ0v) is 31.9. The topological polar surface area (TPSA) is 139 Å². The Labute approximate surface area is 334 Å². The number of carbonyl (C=O) groups is 2. The Morgan fingerprint density at radius 2 is 0.680 bits per heavy atom. The molecule has 6 N–H and O–H groups in total. The Morgan fingerprint density at radius 1 is 0.400 bits per heavy atom. The van der Waals surface area contributed by atoms with E-state index in [1.807, 2.05) is 36.4 Å². The third-order valence-electron chi connectivity index (χ3n) is 5.96. The average molecular weight is 881 g/mol. The lowest BCUT2D eigenvalue weighted by Crippen LogP contribution is -2.13. The molecule has 8 nitrogen and oxygen atoms in total. The third kappa shape index (κ3) is 10.6. The Bertz CT molecular complexity index is 1860. The minimum Gasteiger partial charge on any atom is -0.505 e. The highest BCUT2D eigenvalue weighted by molar-refractivity contribution is 6.47. The molecular weight excluding hydrogens is 863 g/mol. The van der Waals surface area contributed by atoms with Crippen LogP contribution in [0.2, 0.25) is 50.2 Å². The smallest absolute Gasteiger partial charge is 0.261 e. The van der Waals surface area contributed by atoms with Gasteiger partial charge in [0, 0.05) is 10.0 Å². The molecule has 0 aliphatic rings. The van der Waals surface area contributed by atoms with E-state index in [1.165, 1.54) is 36.4 Å². The molecule has 18 heteroatoms. The van der Waals surface area contributed by atoms with Gasteiger partial charge in [-0.2, -0.15) is 0 Å². The number of hydrogen-bond donors (Lipinski definition) is 6. The fraction of sp³-hybridized carbons (Fsp3) is 0. The molecule has 0 saturated heterocycles. The van der Waals surface area contributed by atoms with Crippen molar-refractivity contribution < 1.29 is 30.0 Å². The van der Waals surface area contributed by atoms with Gasteiger partial charge >= 0.3 is 0 Å². The molecule has 0 heterocycles. The molecule has 0 saturated carbocycles.